The van der Waals surface area contributed by atoms with Gasteiger partial charge in [-0.25, -0.2) is 9.97 Å². The summed E-state index contributed by atoms with van der Waals surface area (Å²) in [6.45, 7) is 1.50. The third kappa shape index (κ3) is 2.41. The summed E-state index contributed by atoms with van der Waals surface area (Å²) in [5.41, 5.74) is 3.33. The van der Waals surface area contributed by atoms with Gasteiger partial charge in [0.1, 0.15) is 5.82 Å². The summed E-state index contributed by atoms with van der Waals surface area (Å²) >= 11 is 3.50. The molecule has 5 rings (SSSR count). The summed E-state index contributed by atoms with van der Waals surface area (Å²) in [7, 11) is 0. The molecule has 1 aliphatic heterocycles. The molecule has 7 nitrogen and oxygen atoms in total. The Morgan fingerprint density at radius 3 is 3.00 bits per heavy atom. The van der Waals surface area contributed by atoms with Crippen molar-refractivity contribution in [2.75, 3.05) is 11.9 Å². The average molecular weight is 409 g/mol. The molecule has 2 N–H and O–H groups in total. The fourth-order valence-corrected chi connectivity index (χ4v) is 3.57. The number of nitrogens with one attached hydrogen (secondary N) is 2. The molecule has 26 heavy (non-hydrogen) atoms. The number of amides is 1. The van der Waals surface area contributed by atoms with E-state index in [1.54, 1.807) is 24.5 Å². The maximum Gasteiger partial charge on any atom is 0.280 e. The Morgan fingerprint density at radius 1 is 1.19 bits per heavy atom. The smallest absolute Gasteiger partial charge is 0.280 e. The molecule has 128 valence electrons. The molecule has 2 aromatic carbocycles. The number of aromatic amines is 1. The van der Waals surface area contributed by atoms with Crippen LogP contribution in [0.2, 0.25) is 0 Å². The van der Waals surface area contributed by atoms with Crippen molar-refractivity contribution in [2.24, 2.45) is 4.99 Å². The van der Waals surface area contributed by atoms with Gasteiger partial charge in [-0.05, 0) is 36.4 Å². The standard InChI is InChI=1S/C18H13BrN6O/c19-11-2-4-13-12(8-11)16-20-5-6-25(16)18(23-13)24-17(26)10-1-3-14-15(7-10)22-9-21-14/h1-4,7-9,20H,5-6H2,(H,21,22). The molecule has 0 atom stereocenters. The Kier molecular flexibility index (Phi) is 3.39. The van der Waals surface area contributed by atoms with Gasteiger partial charge in [0.2, 0.25) is 5.62 Å². The number of benzene rings is 2. The molecule has 3 heterocycles. The zero-order valence-corrected chi connectivity index (χ0v) is 15.1. The molecule has 0 saturated carbocycles. The number of carbonyl (C=O) groups is 1. The molecule has 0 fully saturated rings. The van der Waals surface area contributed by atoms with E-state index in [2.05, 4.69) is 41.2 Å². The number of halogens is 1. The first-order valence-electron chi connectivity index (χ1n) is 8.15. The summed E-state index contributed by atoms with van der Waals surface area (Å²) in [5.74, 6) is 0.610. The highest BCUT2D eigenvalue weighted by molar-refractivity contribution is 9.10. The van der Waals surface area contributed by atoms with E-state index >= 15 is 0 Å². The molecule has 1 amide bonds. The molecule has 0 saturated heterocycles. The maximum atomic E-state index is 12.7. The minimum absolute atomic E-state index is 0.327. The number of rotatable bonds is 1. The molecular formula is C18H13BrN6O. The van der Waals surface area contributed by atoms with Crippen LogP contribution in [0.15, 0.2) is 52.2 Å². The van der Waals surface area contributed by atoms with Gasteiger partial charge in [-0.3, -0.25) is 9.36 Å². The molecule has 0 spiro atoms. The first kappa shape index (κ1) is 15.3. The lowest BCUT2D eigenvalue weighted by Crippen LogP contribution is -2.24. The van der Waals surface area contributed by atoms with Crippen LogP contribution in [0.25, 0.3) is 21.9 Å². The van der Waals surface area contributed by atoms with Gasteiger partial charge in [-0.1, -0.05) is 15.9 Å². The van der Waals surface area contributed by atoms with Crippen LogP contribution in [-0.4, -0.2) is 32.0 Å². The Hall–Kier alpha value is -3.00. The molecular weight excluding hydrogens is 396 g/mol. The fourth-order valence-electron chi connectivity index (χ4n) is 3.21. The third-order valence-electron chi connectivity index (χ3n) is 4.44. The van der Waals surface area contributed by atoms with Crippen LogP contribution in [0.3, 0.4) is 0 Å². The van der Waals surface area contributed by atoms with Crippen LogP contribution >= 0.6 is 15.9 Å². The van der Waals surface area contributed by atoms with E-state index in [1.165, 1.54) is 0 Å². The molecule has 0 bridgehead atoms. The van der Waals surface area contributed by atoms with Crippen molar-refractivity contribution in [3.8, 4) is 0 Å². The quantitative estimate of drug-likeness (QED) is 0.506. The van der Waals surface area contributed by atoms with E-state index in [-0.39, 0.29) is 5.91 Å². The first-order chi connectivity index (χ1) is 12.7. The topological polar surface area (TPSA) is 88.0 Å². The molecule has 4 aromatic rings. The lowest BCUT2D eigenvalue weighted by atomic mass is 10.2. The highest BCUT2D eigenvalue weighted by Crippen LogP contribution is 2.26. The normalized spacial score (nSPS) is 14.0. The third-order valence-corrected chi connectivity index (χ3v) is 4.94. The Labute approximate surface area is 155 Å². The summed E-state index contributed by atoms with van der Waals surface area (Å²) in [6.07, 6.45) is 1.60. The lowest BCUT2D eigenvalue weighted by molar-refractivity contribution is 0.0996. The Balaban J connectivity index is 1.68. The van der Waals surface area contributed by atoms with Crippen molar-refractivity contribution in [3.05, 3.63) is 58.4 Å². The zero-order chi connectivity index (χ0) is 17.7. The van der Waals surface area contributed by atoms with Crippen LogP contribution in [-0.2, 0) is 6.54 Å². The van der Waals surface area contributed by atoms with Crippen molar-refractivity contribution in [1.29, 1.82) is 0 Å². The monoisotopic (exact) mass is 408 g/mol. The summed E-state index contributed by atoms with van der Waals surface area (Å²) in [4.78, 5) is 28.8. The van der Waals surface area contributed by atoms with Crippen LogP contribution in [0.5, 0.6) is 0 Å². The minimum Gasteiger partial charge on any atom is -0.369 e. The number of fused-ring (bicyclic) bond motifs is 4. The van der Waals surface area contributed by atoms with Crippen LogP contribution < -0.4 is 10.9 Å². The maximum absolute atomic E-state index is 12.7. The highest BCUT2D eigenvalue weighted by Gasteiger charge is 2.16. The number of aromatic nitrogens is 4. The van der Waals surface area contributed by atoms with Crippen molar-refractivity contribution in [1.82, 2.24) is 19.5 Å². The van der Waals surface area contributed by atoms with Crippen molar-refractivity contribution < 1.29 is 4.79 Å². The predicted molar refractivity (Wildman–Crippen MR) is 102 cm³/mol. The molecule has 0 radical (unpaired) electrons. The summed E-state index contributed by atoms with van der Waals surface area (Å²) < 4.78 is 2.93. The lowest BCUT2D eigenvalue weighted by Gasteiger charge is -2.08. The largest absolute Gasteiger partial charge is 0.369 e. The number of hydrogen-bond acceptors (Lipinski definition) is 4. The van der Waals surface area contributed by atoms with Gasteiger partial charge < -0.3 is 10.3 Å². The van der Waals surface area contributed by atoms with E-state index < -0.39 is 0 Å². The average Bonchev–Trinajstić information content (AvgIpc) is 3.31. The van der Waals surface area contributed by atoms with E-state index in [4.69, 9.17) is 0 Å². The van der Waals surface area contributed by atoms with Gasteiger partial charge in [0.25, 0.3) is 5.91 Å². The molecule has 0 aliphatic carbocycles. The second-order valence-corrected chi connectivity index (χ2v) is 6.97. The summed E-state index contributed by atoms with van der Waals surface area (Å²) in [6, 6.07) is 11.2. The van der Waals surface area contributed by atoms with Gasteiger partial charge in [0.05, 0.1) is 22.9 Å². The van der Waals surface area contributed by atoms with E-state index in [0.29, 0.717) is 11.2 Å². The number of carbonyl (C=O) groups excluding carboxylic acids is 1. The molecule has 1 aliphatic rings. The van der Waals surface area contributed by atoms with Crippen molar-refractivity contribution >= 4 is 49.6 Å². The predicted octanol–water partition coefficient (Wildman–Crippen LogP) is 2.84. The second kappa shape index (κ2) is 5.77. The van der Waals surface area contributed by atoms with Gasteiger partial charge in [0, 0.05) is 28.5 Å². The van der Waals surface area contributed by atoms with Crippen LogP contribution in [0.4, 0.5) is 5.82 Å². The summed E-state index contributed by atoms with van der Waals surface area (Å²) in [5, 5.41) is 4.36. The molecule has 2 aromatic heterocycles. The van der Waals surface area contributed by atoms with Crippen molar-refractivity contribution in [2.45, 2.75) is 6.54 Å². The van der Waals surface area contributed by atoms with Gasteiger partial charge in [-0.2, -0.15) is 4.99 Å². The first-order valence-corrected chi connectivity index (χ1v) is 8.94. The number of H-pyrrole nitrogens is 1. The number of imidazole rings is 1. The Morgan fingerprint density at radius 2 is 2.08 bits per heavy atom. The Bertz CT molecular complexity index is 1260. The SMILES string of the molecule is O=C(N=c1nc2ccc(Br)cc2c2n1CCN2)c1ccc2nc[nH]c2c1. The molecule has 8 heteroatoms. The minimum atomic E-state index is -0.327. The number of nitrogens with zero attached hydrogens (tertiary/aromatic N) is 4. The zero-order valence-electron chi connectivity index (χ0n) is 13.5. The second-order valence-electron chi connectivity index (χ2n) is 6.05. The van der Waals surface area contributed by atoms with Gasteiger partial charge in [0.15, 0.2) is 0 Å². The van der Waals surface area contributed by atoms with E-state index in [0.717, 1.165) is 45.3 Å². The van der Waals surface area contributed by atoms with Crippen LogP contribution in [0, 0.1) is 0 Å². The van der Waals surface area contributed by atoms with E-state index in [1.807, 2.05) is 22.8 Å². The van der Waals surface area contributed by atoms with Gasteiger partial charge >= 0.3 is 0 Å². The fraction of sp³-hybridized carbons (Fsp3) is 0.111. The van der Waals surface area contributed by atoms with Crippen LogP contribution in [0.1, 0.15) is 10.4 Å². The van der Waals surface area contributed by atoms with Gasteiger partial charge in [-0.15, -0.1) is 0 Å². The molecule has 0 unspecified atom stereocenters. The van der Waals surface area contributed by atoms with Crippen molar-refractivity contribution in [3.63, 3.8) is 0 Å². The number of anilines is 1. The highest BCUT2D eigenvalue weighted by atomic mass is 79.9. The number of hydrogen-bond donors (Lipinski definition) is 2. The van der Waals surface area contributed by atoms with E-state index in [9.17, 15) is 4.79 Å².